The van der Waals surface area contributed by atoms with Crippen LogP contribution >= 0.6 is 0 Å². The summed E-state index contributed by atoms with van der Waals surface area (Å²) in [5.74, 6) is 0.0239. The Hall–Kier alpha value is -1.10. The van der Waals surface area contributed by atoms with E-state index < -0.39 is 0 Å². The Morgan fingerprint density at radius 3 is 2.11 bits per heavy atom. The highest BCUT2D eigenvalue weighted by molar-refractivity contribution is 5.74. The quantitative estimate of drug-likeness (QED) is 0.693. The molecule has 0 aromatic carbocycles. The van der Waals surface area contributed by atoms with Crippen molar-refractivity contribution in [3.63, 3.8) is 0 Å². The molecule has 0 amide bonds. The first-order valence-electron chi connectivity index (χ1n) is 6.44. The highest BCUT2D eigenvalue weighted by Gasteiger charge is 2.28. The second-order valence-electron chi connectivity index (χ2n) is 4.98. The maximum Gasteiger partial charge on any atom is 0.319 e. The molecule has 0 spiro atoms. The highest BCUT2D eigenvalue weighted by Crippen LogP contribution is 2.27. The Balaban J connectivity index is 2.62. The number of carbonyl (C=O) groups excluding carboxylic acids is 2. The van der Waals surface area contributed by atoms with Crippen LogP contribution in [-0.4, -0.2) is 50.2 Å². The van der Waals surface area contributed by atoms with E-state index in [1.165, 1.54) is 20.6 Å². The zero-order valence-corrected chi connectivity index (χ0v) is 11.5. The molecule has 0 aliphatic heterocycles. The lowest BCUT2D eigenvalue weighted by Gasteiger charge is -2.35. The van der Waals surface area contributed by atoms with Crippen LogP contribution in [0.25, 0.3) is 0 Å². The van der Waals surface area contributed by atoms with Gasteiger partial charge in [-0.15, -0.1) is 0 Å². The van der Waals surface area contributed by atoms with Gasteiger partial charge in [0.15, 0.2) is 0 Å². The van der Waals surface area contributed by atoms with Crippen LogP contribution < -0.4 is 0 Å². The van der Waals surface area contributed by atoms with Gasteiger partial charge in [0.05, 0.1) is 27.3 Å². The van der Waals surface area contributed by atoms with Gasteiger partial charge in [0.1, 0.15) is 0 Å². The molecule has 1 rings (SSSR count). The molecule has 0 saturated heterocycles. The summed E-state index contributed by atoms with van der Waals surface area (Å²) in [6.07, 6.45) is 4.41. The molecule has 0 aromatic rings. The normalized spacial score (nSPS) is 23.8. The van der Waals surface area contributed by atoms with E-state index in [1.54, 1.807) is 0 Å². The van der Waals surface area contributed by atoms with E-state index in [-0.39, 0.29) is 31.1 Å². The van der Waals surface area contributed by atoms with Crippen LogP contribution in [0, 0.1) is 5.92 Å². The summed E-state index contributed by atoms with van der Waals surface area (Å²) in [5, 5.41) is 0. The van der Waals surface area contributed by atoms with Crippen LogP contribution in [0.3, 0.4) is 0 Å². The summed E-state index contributed by atoms with van der Waals surface area (Å²) in [4.78, 5) is 24.7. The standard InChI is InChI=1S/C13H23NO4/c1-10-5-4-6-11(7-10)14(8-12(15)17-2)9-13(16)18-3/h10-11H,4-9H2,1-3H3. The lowest BCUT2D eigenvalue weighted by molar-refractivity contribution is -0.147. The highest BCUT2D eigenvalue weighted by atomic mass is 16.5. The molecule has 0 N–H and O–H groups in total. The van der Waals surface area contributed by atoms with Gasteiger partial charge in [-0.2, -0.15) is 0 Å². The Labute approximate surface area is 108 Å². The van der Waals surface area contributed by atoms with Gasteiger partial charge in [-0.1, -0.05) is 19.8 Å². The second kappa shape index (κ2) is 7.36. The monoisotopic (exact) mass is 257 g/mol. The average molecular weight is 257 g/mol. The molecule has 0 heterocycles. The SMILES string of the molecule is COC(=O)CN(CC(=O)OC)C1CCCC(C)C1. The lowest BCUT2D eigenvalue weighted by Crippen LogP contribution is -2.44. The third-order valence-corrected chi connectivity index (χ3v) is 3.54. The second-order valence-corrected chi connectivity index (χ2v) is 4.98. The molecule has 2 unspecified atom stereocenters. The van der Waals surface area contributed by atoms with Crippen molar-refractivity contribution < 1.29 is 19.1 Å². The zero-order valence-electron chi connectivity index (χ0n) is 11.5. The predicted octanol–water partition coefficient (Wildman–Crippen LogP) is 1.21. The van der Waals surface area contributed by atoms with Crippen LogP contribution in [0.15, 0.2) is 0 Å². The minimum atomic E-state index is -0.308. The number of carbonyl (C=O) groups is 2. The molecule has 104 valence electrons. The zero-order chi connectivity index (χ0) is 13.5. The fourth-order valence-corrected chi connectivity index (χ4v) is 2.51. The minimum absolute atomic E-state index is 0.156. The van der Waals surface area contributed by atoms with Crippen molar-refractivity contribution in [2.75, 3.05) is 27.3 Å². The Morgan fingerprint density at radius 2 is 1.67 bits per heavy atom. The fourth-order valence-electron chi connectivity index (χ4n) is 2.51. The Morgan fingerprint density at radius 1 is 1.11 bits per heavy atom. The molecular formula is C13H23NO4. The molecular weight excluding hydrogens is 234 g/mol. The molecule has 1 saturated carbocycles. The first-order valence-corrected chi connectivity index (χ1v) is 6.44. The lowest BCUT2D eigenvalue weighted by atomic mass is 9.86. The van der Waals surface area contributed by atoms with Crippen LogP contribution in [0.5, 0.6) is 0 Å². The maximum atomic E-state index is 11.4. The van der Waals surface area contributed by atoms with Gasteiger partial charge < -0.3 is 9.47 Å². The van der Waals surface area contributed by atoms with Crippen molar-refractivity contribution in [2.45, 2.75) is 38.6 Å². The maximum absolute atomic E-state index is 11.4. The van der Waals surface area contributed by atoms with E-state index in [2.05, 4.69) is 16.4 Å². The fraction of sp³-hybridized carbons (Fsp3) is 0.846. The van der Waals surface area contributed by atoms with E-state index in [1.807, 2.05) is 4.90 Å². The smallest absolute Gasteiger partial charge is 0.319 e. The van der Waals surface area contributed by atoms with Gasteiger partial charge in [0.25, 0.3) is 0 Å². The summed E-state index contributed by atoms with van der Waals surface area (Å²) in [6.45, 7) is 2.52. The van der Waals surface area contributed by atoms with Crippen molar-refractivity contribution in [1.82, 2.24) is 4.90 Å². The minimum Gasteiger partial charge on any atom is -0.468 e. The number of rotatable bonds is 5. The van der Waals surface area contributed by atoms with Crippen LogP contribution in [0.1, 0.15) is 32.6 Å². The molecule has 5 heteroatoms. The summed E-state index contributed by atoms with van der Waals surface area (Å²) in [5.41, 5.74) is 0. The summed E-state index contributed by atoms with van der Waals surface area (Å²) in [6, 6.07) is 0.270. The van der Waals surface area contributed by atoms with Gasteiger partial charge in [0.2, 0.25) is 0 Å². The van der Waals surface area contributed by atoms with Crippen LogP contribution in [-0.2, 0) is 19.1 Å². The molecule has 0 bridgehead atoms. The van der Waals surface area contributed by atoms with Crippen molar-refractivity contribution in [3.8, 4) is 0 Å². The predicted molar refractivity (Wildman–Crippen MR) is 67.0 cm³/mol. The number of esters is 2. The Kier molecular flexibility index (Phi) is 6.12. The van der Waals surface area contributed by atoms with Crippen molar-refractivity contribution in [2.24, 2.45) is 5.92 Å². The third kappa shape index (κ3) is 4.64. The molecule has 5 nitrogen and oxygen atoms in total. The van der Waals surface area contributed by atoms with Crippen LogP contribution in [0.4, 0.5) is 0 Å². The van der Waals surface area contributed by atoms with Gasteiger partial charge in [0, 0.05) is 6.04 Å². The summed E-state index contributed by atoms with van der Waals surface area (Å²) < 4.78 is 9.36. The molecule has 2 atom stereocenters. The average Bonchev–Trinajstić information content (AvgIpc) is 2.37. The largest absolute Gasteiger partial charge is 0.468 e. The molecule has 0 aromatic heterocycles. The summed E-state index contributed by atoms with van der Waals surface area (Å²) in [7, 11) is 2.73. The van der Waals surface area contributed by atoms with Gasteiger partial charge >= 0.3 is 11.9 Å². The Bertz CT molecular complexity index is 275. The van der Waals surface area contributed by atoms with E-state index in [9.17, 15) is 9.59 Å². The number of hydrogen-bond acceptors (Lipinski definition) is 5. The molecule has 1 aliphatic carbocycles. The molecule has 18 heavy (non-hydrogen) atoms. The van der Waals surface area contributed by atoms with Gasteiger partial charge in [-0.05, 0) is 18.8 Å². The van der Waals surface area contributed by atoms with E-state index in [4.69, 9.17) is 0 Å². The number of methoxy groups -OCH3 is 2. The number of nitrogens with zero attached hydrogens (tertiary/aromatic N) is 1. The van der Waals surface area contributed by atoms with Crippen LogP contribution in [0.2, 0.25) is 0 Å². The first-order chi connectivity index (χ1) is 8.56. The topological polar surface area (TPSA) is 55.8 Å². The van der Waals surface area contributed by atoms with Crippen molar-refractivity contribution >= 4 is 11.9 Å². The molecule has 1 fully saturated rings. The first kappa shape index (κ1) is 15.0. The van der Waals surface area contributed by atoms with Crippen molar-refractivity contribution in [1.29, 1.82) is 0 Å². The molecule has 1 aliphatic rings. The van der Waals surface area contributed by atoms with E-state index in [0.29, 0.717) is 5.92 Å². The molecule has 0 radical (unpaired) electrons. The van der Waals surface area contributed by atoms with Gasteiger partial charge in [-0.25, -0.2) is 0 Å². The third-order valence-electron chi connectivity index (χ3n) is 3.54. The van der Waals surface area contributed by atoms with E-state index in [0.717, 1.165) is 19.3 Å². The van der Waals surface area contributed by atoms with Gasteiger partial charge in [-0.3, -0.25) is 14.5 Å². The summed E-state index contributed by atoms with van der Waals surface area (Å²) >= 11 is 0. The number of hydrogen-bond donors (Lipinski definition) is 0. The van der Waals surface area contributed by atoms with E-state index >= 15 is 0 Å². The van der Waals surface area contributed by atoms with Crippen molar-refractivity contribution in [3.05, 3.63) is 0 Å². The number of ether oxygens (including phenoxy) is 2.